The predicted octanol–water partition coefficient (Wildman–Crippen LogP) is 2.00. The van der Waals surface area contributed by atoms with E-state index in [1.165, 1.54) is 12.8 Å². The van der Waals surface area contributed by atoms with Crippen LogP contribution in [0.15, 0.2) is 0 Å². The first kappa shape index (κ1) is 17.3. The Morgan fingerprint density at radius 3 is 2.50 bits per heavy atom. The average Bonchev–Trinajstić information content (AvgIpc) is 2.88. The van der Waals surface area contributed by atoms with E-state index in [1.54, 1.807) is 0 Å². The normalized spacial score (nSPS) is 26.6. The van der Waals surface area contributed by atoms with Crippen LogP contribution in [0.1, 0.15) is 49.1 Å². The van der Waals surface area contributed by atoms with E-state index in [9.17, 15) is 4.79 Å². The van der Waals surface area contributed by atoms with Crippen molar-refractivity contribution in [1.82, 2.24) is 20.4 Å². The highest BCUT2D eigenvalue weighted by atomic mass is 35.5. The number of aryl methyl sites for hydroxylation is 2. The summed E-state index contributed by atoms with van der Waals surface area (Å²) in [6.07, 6.45) is 5.57. The third kappa shape index (κ3) is 3.63. The van der Waals surface area contributed by atoms with Gasteiger partial charge in [0.1, 0.15) is 0 Å². The minimum absolute atomic E-state index is 0. The summed E-state index contributed by atoms with van der Waals surface area (Å²) in [6, 6.07) is 1.31. The lowest BCUT2D eigenvalue weighted by Crippen LogP contribution is -2.39. The van der Waals surface area contributed by atoms with E-state index in [2.05, 4.69) is 15.7 Å². The maximum Gasteiger partial charge on any atom is 0.220 e. The highest BCUT2D eigenvalue weighted by Crippen LogP contribution is 2.32. The minimum atomic E-state index is 0. The summed E-state index contributed by atoms with van der Waals surface area (Å²) in [6.45, 7) is 4.65. The number of amides is 1. The molecule has 124 valence electrons. The van der Waals surface area contributed by atoms with Crippen molar-refractivity contribution in [2.24, 2.45) is 13.0 Å². The molecule has 2 saturated heterocycles. The molecule has 0 aliphatic carbocycles. The zero-order chi connectivity index (χ0) is 15.0. The molecular formula is C16H27ClN4O. The molecule has 2 aliphatic heterocycles. The first-order valence-electron chi connectivity index (χ1n) is 8.04. The van der Waals surface area contributed by atoms with Gasteiger partial charge in [-0.25, -0.2) is 0 Å². The summed E-state index contributed by atoms with van der Waals surface area (Å²) < 4.78 is 1.88. The van der Waals surface area contributed by atoms with Crippen molar-refractivity contribution < 1.29 is 4.79 Å². The minimum Gasteiger partial charge on any atom is -0.352 e. The Morgan fingerprint density at radius 1 is 1.32 bits per heavy atom. The quantitative estimate of drug-likeness (QED) is 0.889. The van der Waals surface area contributed by atoms with Crippen LogP contribution in [0, 0.1) is 19.8 Å². The lowest BCUT2D eigenvalue weighted by Gasteiger charge is -2.28. The van der Waals surface area contributed by atoms with Crippen LogP contribution in [0.2, 0.25) is 0 Å². The molecule has 2 fully saturated rings. The number of nitrogens with one attached hydrogen (secondary N) is 2. The fourth-order valence-corrected chi connectivity index (χ4v) is 3.94. The molecule has 2 aliphatic rings. The molecular weight excluding hydrogens is 300 g/mol. The zero-order valence-corrected chi connectivity index (χ0v) is 14.5. The number of piperidine rings is 1. The number of hydrogen-bond acceptors (Lipinski definition) is 3. The van der Waals surface area contributed by atoms with E-state index in [0.717, 1.165) is 29.8 Å². The smallest absolute Gasteiger partial charge is 0.220 e. The van der Waals surface area contributed by atoms with Crippen LogP contribution in [-0.2, 0) is 18.4 Å². The summed E-state index contributed by atoms with van der Waals surface area (Å²) in [7, 11) is 1.94. The number of halogens is 1. The molecule has 1 aromatic rings. The van der Waals surface area contributed by atoms with E-state index in [-0.39, 0.29) is 18.3 Å². The standard InChI is InChI=1S/C16H26N4O.ClH/c1-10-15(11(2)20(3)19-10)9-17-16(21)8-12-6-13-4-5-14(7-12)18-13;/h12-14,18H,4-9H2,1-3H3,(H,17,21);1H. The Labute approximate surface area is 138 Å². The van der Waals surface area contributed by atoms with Crippen LogP contribution in [0.25, 0.3) is 0 Å². The van der Waals surface area contributed by atoms with Crippen molar-refractivity contribution in [3.8, 4) is 0 Å². The van der Waals surface area contributed by atoms with E-state index in [4.69, 9.17) is 0 Å². The molecule has 1 amide bonds. The van der Waals surface area contributed by atoms with Gasteiger partial charge in [0, 0.05) is 43.4 Å². The summed E-state index contributed by atoms with van der Waals surface area (Å²) in [4.78, 5) is 12.2. The van der Waals surface area contributed by atoms with Crippen LogP contribution in [0.3, 0.4) is 0 Å². The van der Waals surface area contributed by atoms with Gasteiger partial charge in [0.25, 0.3) is 0 Å². The van der Waals surface area contributed by atoms with E-state index in [1.807, 2.05) is 25.6 Å². The van der Waals surface area contributed by atoms with Crippen molar-refractivity contribution in [2.75, 3.05) is 0 Å². The monoisotopic (exact) mass is 326 g/mol. The number of fused-ring (bicyclic) bond motifs is 2. The molecule has 5 nitrogen and oxygen atoms in total. The van der Waals surface area contributed by atoms with Crippen molar-refractivity contribution in [3.63, 3.8) is 0 Å². The van der Waals surface area contributed by atoms with Crippen LogP contribution in [-0.4, -0.2) is 27.8 Å². The van der Waals surface area contributed by atoms with Gasteiger partial charge >= 0.3 is 0 Å². The molecule has 22 heavy (non-hydrogen) atoms. The molecule has 0 saturated carbocycles. The Balaban J connectivity index is 0.00000176. The predicted molar refractivity (Wildman–Crippen MR) is 89.1 cm³/mol. The second-order valence-corrected chi connectivity index (χ2v) is 6.73. The SMILES string of the molecule is Cc1nn(C)c(C)c1CNC(=O)CC1CC2CCC(C1)N2.Cl. The van der Waals surface area contributed by atoms with Gasteiger partial charge in [-0.1, -0.05) is 0 Å². The number of hydrogen-bond donors (Lipinski definition) is 2. The van der Waals surface area contributed by atoms with Crippen molar-refractivity contribution in [1.29, 1.82) is 0 Å². The Kier molecular flexibility index (Phi) is 5.50. The third-order valence-electron chi connectivity index (χ3n) is 5.17. The maximum absolute atomic E-state index is 12.2. The zero-order valence-electron chi connectivity index (χ0n) is 13.7. The second-order valence-electron chi connectivity index (χ2n) is 6.73. The van der Waals surface area contributed by atoms with Gasteiger partial charge in [0.2, 0.25) is 5.91 Å². The number of aromatic nitrogens is 2. The van der Waals surface area contributed by atoms with Gasteiger partial charge in [-0.2, -0.15) is 5.10 Å². The van der Waals surface area contributed by atoms with Crippen molar-refractivity contribution in [2.45, 2.75) is 64.6 Å². The Bertz CT molecular complexity index is 530. The molecule has 0 aromatic carbocycles. The van der Waals surface area contributed by atoms with Gasteiger partial charge in [0.15, 0.2) is 0 Å². The molecule has 6 heteroatoms. The van der Waals surface area contributed by atoms with Crippen LogP contribution in [0.4, 0.5) is 0 Å². The topological polar surface area (TPSA) is 59.0 Å². The number of carbonyl (C=O) groups excluding carboxylic acids is 1. The first-order valence-corrected chi connectivity index (χ1v) is 8.04. The van der Waals surface area contributed by atoms with Crippen LogP contribution < -0.4 is 10.6 Å². The van der Waals surface area contributed by atoms with Crippen LogP contribution >= 0.6 is 12.4 Å². The Hall–Kier alpha value is -1.07. The van der Waals surface area contributed by atoms with E-state index in [0.29, 0.717) is 31.0 Å². The van der Waals surface area contributed by atoms with Crippen molar-refractivity contribution in [3.05, 3.63) is 17.0 Å². The molecule has 2 atom stereocenters. The van der Waals surface area contributed by atoms with Gasteiger partial charge in [-0.05, 0) is 45.4 Å². The van der Waals surface area contributed by atoms with Crippen LogP contribution in [0.5, 0.6) is 0 Å². The summed E-state index contributed by atoms with van der Waals surface area (Å²) in [5, 5.41) is 11.1. The molecule has 2 unspecified atom stereocenters. The number of nitrogens with zero attached hydrogens (tertiary/aromatic N) is 2. The molecule has 0 spiro atoms. The second kappa shape index (κ2) is 7.01. The molecule has 0 radical (unpaired) electrons. The number of rotatable bonds is 4. The fraction of sp³-hybridized carbons (Fsp3) is 0.750. The first-order chi connectivity index (χ1) is 10.0. The molecule has 3 heterocycles. The molecule has 2 N–H and O–H groups in total. The summed E-state index contributed by atoms with van der Waals surface area (Å²) in [5.41, 5.74) is 3.29. The Morgan fingerprint density at radius 2 is 1.95 bits per heavy atom. The lowest BCUT2D eigenvalue weighted by atomic mass is 9.89. The van der Waals surface area contributed by atoms with Gasteiger partial charge in [0.05, 0.1) is 5.69 Å². The van der Waals surface area contributed by atoms with Gasteiger partial charge in [-0.15, -0.1) is 12.4 Å². The maximum atomic E-state index is 12.2. The van der Waals surface area contributed by atoms with Crippen molar-refractivity contribution >= 4 is 18.3 Å². The summed E-state index contributed by atoms with van der Waals surface area (Å²) in [5.74, 6) is 0.740. The molecule has 1 aromatic heterocycles. The van der Waals surface area contributed by atoms with Gasteiger partial charge in [-0.3, -0.25) is 9.48 Å². The van der Waals surface area contributed by atoms with E-state index >= 15 is 0 Å². The molecule has 3 rings (SSSR count). The van der Waals surface area contributed by atoms with Gasteiger partial charge < -0.3 is 10.6 Å². The number of carbonyl (C=O) groups is 1. The highest BCUT2D eigenvalue weighted by Gasteiger charge is 2.34. The third-order valence-corrected chi connectivity index (χ3v) is 5.17. The largest absolute Gasteiger partial charge is 0.352 e. The highest BCUT2D eigenvalue weighted by molar-refractivity contribution is 5.85. The fourth-order valence-electron chi connectivity index (χ4n) is 3.94. The molecule has 2 bridgehead atoms. The average molecular weight is 327 g/mol. The van der Waals surface area contributed by atoms with E-state index < -0.39 is 0 Å². The summed E-state index contributed by atoms with van der Waals surface area (Å²) >= 11 is 0. The lowest BCUT2D eigenvalue weighted by molar-refractivity contribution is -0.122.